The van der Waals surface area contributed by atoms with Gasteiger partial charge in [-0.25, -0.2) is 4.39 Å². The van der Waals surface area contributed by atoms with Crippen LogP contribution < -0.4 is 10.1 Å². The molecule has 0 aromatic heterocycles. The topological polar surface area (TPSA) is 21.3 Å². The van der Waals surface area contributed by atoms with Crippen molar-refractivity contribution in [3.63, 3.8) is 0 Å². The van der Waals surface area contributed by atoms with Crippen molar-refractivity contribution in [2.24, 2.45) is 0 Å². The second-order valence-electron chi connectivity index (χ2n) is 5.03. The van der Waals surface area contributed by atoms with Crippen LogP contribution >= 0.6 is 11.6 Å². The molecule has 0 radical (unpaired) electrons. The fourth-order valence-electron chi connectivity index (χ4n) is 2.41. The molecule has 2 rings (SSSR count). The molecular weight excluding hydrogens is 289 g/mol. The van der Waals surface area contributed by atoms with Gasteiger partial charge < -0.3 is 10.1 Å². The molecular formula is C17H19ClFNO. The average molecular weight is 308 g/mol. The molecule has 1 N–H and O–H groups in total. The molecule has 1 atom stereocenters. The summed E-state index contributed by atoms with van der Waals surface area (Å²) in [7, 11) is 3.44. The molecule has 1 unspecified atom stereocenters. The van der Waals surface area contributed by atoms with E-state index >= 15 is 0 Å². The Morgan fingerprint density at radius 2 is 2.00 bits per heavy atom. The highest BCUT2D eigenvalue weighted by molar-refractivity contribution is 6.30. The molecule has 2 aromatic rings. The predicted octanol–water partition coefficient (Wildman–Crippen LogP) is 4.30. The van der Waals surface area contributed by atoms with E-state index in [1.165, 1.54) is 0 Å². The van der Waals surface area contributed by atoms with Gasteiger partial charge in [-0.15, -0.1) is 0 Å². The van der Waals surface area contributed by atoms with Crippen LogP contribution in [-0.2, 0) is 6.42 Å². The molecule has 2 aromatic carbocycles. The van der Waals surface area contributed by atoms with Gasteiger partial charge in [-0.2, -0.15) is 0 Å². The first-order chi connectivity index (χ1) is 10.0. The highest BCUT2D eigenvalue weighted by Gasteiger charge is 2.17. The van der Waals surface area contributed by atoms with E-state index in [1.54, 1.807) is 19.2 Å². The molecule has 0 amide bonds. The van der Waals surface area contributed by atoms with Gasteiger partial charge >= 0.3 is 0 Å². The van der Waals surface area contributed by atoms with Crippen LogP contribution in [0.1, 0.15) is 22.7 Å². The SMILES string of the molecule is CNC(Cc1cc(Cl)ccc1OC)c1ccc(C)cc1F. The van der Waals surface area contributed by atoms with Gasteiger partial charge in [-0.05, 0) is 55.8 Å². The lowest BCUT2D eigenvalue weighted by molar-refractivity contribution is 0.406. The van der Waals surface area contributed by atoms with Crippen LogP contribution in [0.2, 0.25) is 5.02 Å². The molecule has 2 nitrogen and oxygen atoms in total. The third-order valence-electron chi connectivity index (χ3n) is 3.55. The Morgan fingerprint density at radius 3 is 2.62 bits per heavy atom. The van der Waals surface area contributed by atoms with E-state index < -0.39 is 0 Å². The largest absolute Gasteiger partial charge is 0.496 e. The number of halogens is 2. The molecule has 21 heavy (non-hydrogen) atoms. The van der Waals surface area contributed by atoms with Crippen molar-refractivity contribution in [2.45, 2.75) is 19.4 Å². The summed E-state index contributed by atoms with van der Waals surface area (Å²) < 4.78 is 19.5. The lowest BCUT2D eigenvalue weighted by Gasteiger charge is -2.19. The number of rotatable bonds is 5. The van der Waals surface area contributed by atoms with Crippen molar-refractivity contribution in [3.8, 4) is 5.75 Å². The minimum absolute atomic E-state index is 0.141. The van der Waals surface area contributed by atoms with Crippen LogP contribution in [0.15, 0.2) is 36.4 Å². The van der Waals surface area contributed by atoms with Gasteiger partial charge in [0.15, 0.2) is 0 Å². The van der Waals surface area contributed by atoms with Crippen molar-refractivity contribution in [1.82, 2.24) is 5.32 Å². The highest BCUT2D eigenvalue weighted by atomic mass is 35.5. The zero-order valence-electron chi connectivity index (χ0n) is 12.4. The van der Waals surface area contributed by atoms with Crippen molar-refractivity contribution >= 4 is 11.6 Å². The normalized spacial score (nSPS) is 12.2. The number of ether oxygens (including phenoxy) is 1. The molecule has 112 valence electrons. The van der Waals surface area contributed by atoms with Crippen LogP contribution in [-0.4, -0.2) is 14.2 Å². The van der Waals surface area contributed by atoms with Gasteiger partial charge in [0.2, 0.25) is 0 Å². The predicted molar refractivity (Wildman–Crippen MR) is 84.6 cm³/mol. The van der Waals surface area contributed by atoms with Crippen LogP contribution in [0, 0.1) is 12.7 Å². The third-order valence-corrected chi connectivity index (χ3v) is 3.78. The van der Waals surface area contributed by atoms with E-state index in [-0.39, 0.29) is 11.9 Å². The van der Waals surface area contributed by atoms with Crippen molar-refractivity contribution in [2.75, 3.05) is 14.2 Å². The molecule has 0 saturated heterocycles. The van der Waals surface area contributed by atoms with E-state index in [4.69, 9.17) is 16.3 Å². The zero-order chi connectivity index (χ0) is 15.4. The summed E-state index contributed by atoms with van der Waals surface area (Å²) in [5, 5.41) is 3.80. The van der Waals surface area contributed by atoms with E-state index in [0.29, 0.717) is 17.0 Å². The Hall–Kier alpha value is -1.58. The monoisotopic (exact) mass is 307 g/mol. The van der Waals surface area contributed by atoms with Gasteiger partial charge in [-0.1, -0.05) is 23.7 Å². The Morgan fingerprint density at radius 1 is 1.24 bits per heavy atom. The Balaban J connectivity index is 2.33. The first-order valence-corrected chi connectivity index (χ1v) is 7.18. The lowest BCUT2D eigenvalue weighted by Crippen LogP contribution is -2.20. The van der Waals surface area contributed by atoms with E-state index in [1.807, 2.05) is 38.2 Å². The molecule has 0 saturated carbocycles. The standard InChI is InChI=1S/C17H19ClFNO/c1-11-4-6-14(15(19)8-11)16(20-2)10-12-9-13(18)5-7-17(12)21-3/h4-9,16,20H,10H2,1-3H3. The minimum Gasteiger partial charge on any atom is -0.496 e. The number of methoxy groups -OCH3 is 1. The number of hydrogen-bond donors (Lipinski definition) is 1. The minimum atomic E-state index is -0.199. The average Bonchev–Trinajstić information content (AvgIpc) is 2.45. The zero-order valence-corrected chi connectivity index (χ0v) is 13.2. The summed E-state index contributed by atoms with van der Waals surface area (Å²) in [5.74, 6) is 0.558. The summed E-state index contributed by atoms with van der Waals surface area (Å²) in [6, 6.07) is 10.6. The van der Waals surface area contributed by atoms with E-state index in [0.717, 1.165) is 16.9 Å². The van der Waals surface area contributed by atoms with Crippen molar-refractivity contribution in [3.05, 3.63) is 63.9 Å². The van der Waals surface area contributed by atoms with Gasteiger partial charge in [0.25, 0.3) is 0 Å². The lowest BCUT2D eigenvalue weighted by atomic mass is 9.97. The quantitative estimate of drug-likeness (QED) is 0.889. The van der Waals surface area contributed by atoms with Crippen LogP contribution in [0.25, 0.3) is 0 Å². The summed E-state index contributed by atoms with van der Waals surface area (Å²) in [6.07, 6.45) is 0.597. The van der Waals surface area contributed by atoms with Gasteiger partial charge in [0.05, 0.1) is 7.11 Å². The maximum Gasteiger partial charge on any atom is 0.128 e. The Bertz CT molecular complexity index is 630. The maximum absolute atomic E-state index is 14.2. The highest BCUT2D eigenvalue weighted by Crippen LogP contribution is 2.28. The third kappa shape index (κ3) is 3.74. The Kier molecular flexibility index (Phi) is 5.21. The smallest absolute Gasteiger partial charge is 0.128 e. The molecule has 0 aliphatic rings. The molecule has 0 spiro atoms. The van der Waals surface area contributed by atoms with Crippen LogP contribution in [0.3, 0.4) is 0 Å². The molecule has 0 bridgehead atoms. The fraction of sp³-hybridized carbons (Fsp3) is 0.294. The molecule has 4 heteroatoms. The summed E-state index contributed by atoms with van der Waals surface area (Å²) in [5.41, 5.74) is 2.50. The maximum atomic E-state index is 14.2. The number of likely N-dealkylation sites (N-methyl/N-ethyl adjacent to an activating group) is 1. The summed E-state index contributed by atoms with van der Waals surface area (Å²) in [4.78, 5) is 0. The van der Waals surface area contributed by atoms with Crippen molar-refractivity contribution in [1.29, 1.82) is 0 Å². The number of aryl methyl sites for hydroxylation is 1. The molecule has 0 aliphatic carbocycles. The van der Waals surface area contributed by atoms with Gasteiger partial charge in [0.1, 0.15) is 11.6 Å². The number of benzene rings is 2. The second kappa shape index (κ2) is 6.92. The van der Waals surface area contributed by atoms with Gasteiger partial charge in [-0.3, -0.25) is 0 Å². The molecule has 0 fully saturated rings. The second-order valence-corrected chi connectivity index (χ2v) is 5.46. The van der Waals surface area contributed by atoms with Crippen molar-refractivity contribution < 1.29 is 9.13 Å². The fourth-order valence-corrected chi connectivity index (χ4v) is 2.60. The first-order valence-electron chi connectivity index (χ1n) is 6.81. The molecule has 0 aliphatic heterocycles. The number of nitrogens with one attached hydrogen (secondary N) is 1. The van der Waals surface area contributed by atoms with E-state index in [9.17, 15) is 4.39 Å². The van der Waals surface area contributed by atoms with Crippen LogP contribution in [0.5, 0.6) is 5.75 Å². The Labute approximate surface area is 129 Å². The van der Waals surface area contributed by atoms with Crippen LogP contribution in [0.4, 0.5) is 4.39 Å². The molecule has 0 heterocycles. The summed E-state index contributed by atoms with van der Waals surface area (Å²) in [6.45, 7) is 1.88. The first kappa shape index (κ1) is 15.8. The van der Waals surface area contributed by atoms with E-state index in [2.05, 4.69) is 5.32 Å². The summed E-state index contributed by atoms with van der Waals surface area (Å²) >= 11 is 6.05. The van der Waals surface area contributed by atoms with Gasteiger partial charge in [0, 0.05) is 16.6 Å². The number of hydrogen-bond acceptors (Lipinski definition) is 2.